The number of pyridine rings is 1. The monoisotopic (exact) mass is 627 g/mol. The standard InChI is InChI=1S/C30H31F2N5O6S/c1-18(2)22-17-37(44(40,41)21-6-4-19(3)5-7-21)29-27(22)25(8-9-33-29)43-28-23(31)14-20(15-24(28)32)35-30(39)34-16-26(38)36-10-12-42-13-11-36/h4-9,14-15,17-18H,10-13,16H2,1-3H3,(H2,34,35,39). The Morgan fingerprint density at radius 3 is 2.36 bits per heavy atom. The number of anilines is 1. The highest BCUT2D eigenvalue weighted by Gasteiger charge is 2.26. The molecule has 2 aromatic heterocycles. The van der Waals surface area contributed by atoms with E-state index in [1.54, 1.807) is 17.0 Å². The van der Waals surface area contributed by atoms with E-state index in [9.17, 15) is 18.0 Å². The highest BCUT2D eigenvalue weighted by Crippen LogP contribution is 2.39. The number of aryl methyl sites for hydroxylation is 1. The van der Waals surface area contributed by atoms with Crippen molar-refractivity contribution >= 4 is 38.7 Å². The summed E-state index contributed by atoms with van der Waals surface area (Å²) >= 11 is 0. The van der Waals surface area contributed by atoms with Gasteiger partial charge in [0.15, 0.2) is 23.0 Å². The Bertz CT molecular complexity index is 1800. The second-order valence-electron chi connectivity index (χ2n) is 10.5. The first kappa shape index (κ1) is 30.9. The molecule has 4 aromatic rings. The van der Waals surface area contributed by atoms with E-state index in [2.05, 4.69) is 15.6 Å². The molecule has 5 rings (SSSR count). The Morgan fingerprint density at radius 2 is 1.73 bits per heavy atom. The van der Waals surface area contributed by atoms with Crippen molar-refractivity contribution in [3.63, 3.8) is 0 Å². The number of hydrogen-bond donors (Lipinski definition) is 2. The van der Waals surface area contributed by atoms with Crippen LogP contribution in [-0.2, 0) is 19.6 Å². The van der Waals surface area contributed by atoms with Gasteiger partial charge in [-0.3, -0.25) is 4.79 Å². The summed E-state index contributed by atoms with van der Waals surface area (Å²) in [5, 5.41) is 4.96. The molecule has 0 spiro atoms. The van der Waals surface area contributed by atoms with Gasteiger partial charge in [0.2, 0.25) is 5.91 Å². The van der Waals surface area contributed by atoms with Gasteiger partial charge in [0.1, 0.15) is 5.75 Å². The molecule has 1 fully saturated rings. The second kappa shape index (κ2) is 12.6. The summed E-state index contributed by atoms with van der Waals surface area (Å²) in [6.45, 7) is 6.87. The number of halogens is 2. The number of fused-ring (bicyclic) bond motifs is 1. The van der Waals surface area contributed by atoms with Crippen molar-refractivity contribution in [2.45, 2.75) is 31.6 Å². The van der Waals surface area contributed by atoms with Crippen LogP contribution in [0.15, 0.2) is 59.8 Å². The molecule has 1 aliphatic rings. The van der Waals surface area contributed by atoms with Crippen LogP contribution in [0.4, 0.5) is 19.3 Å². The summed E-state index contributed by atoms with van der Waals surface area (Å²) in [6, 6.07) is 8.66. The molecule has 2 aromatic carbocycles. The van der Waals surface area contributed by atoms with Crippen molar-refractivity contribution in [2.24, 2.45) is 0 Å². The zero-order chi connectivity index (χ0) is 31.6. The number of ether oxygens (including phenoxy) is 2. The number of nitrogens with zero attached hydrogens (tertiary/aromatic N) is 3. The Morgan fingerprint density at radius 1 is 1.07 bits per heavy atom. The SMILES string of the molecule is Cc1ccc(S(=O)(=O)n2cc(C(C)C)c3c(Oc4c(F)cc(NC(=O)NCC(=O)N5CCOCC5)cc4F)ccnc32)cc1. The van der Waals surface area contributed by atoms with Crippen LogP contribution in [0, 0.1) is 18.6 Å². The molecule has 0 aliphatic carbocycles. The minimum atomic E-state index is -4.06. The third kappa shape index (κ3) is 6.36. The van der Waals surface area contributed by atoms with Crippen molar-refractivity contribution in [1.82, 2.24) is 19.2 Å². The first-order chi connectivity index (χ1) is 21.0. The van der Waals surface area contributed by atoms with E-state index in [-0.39, 0.29) is 45.7 Å². The molecule has 0 bridgehead atoms. The molecule has 0 atom stereocenters. The summed E-state index contributed by atoms with van der Waals surface area (Å²) in [6.07, 6.45) is 2.73. The van der Waals surface area contributed by atoms with Crippen LogP contribution >= 0.6 is 0 Å². The second-order valence-corrected chi connectivity index (χ2v) is 12.3. The van der Waals surface area contributed by atoms with Gasteiger partial charge in [0, 0.05) is 43.3 Å². The van der Waals surface area contributed by atoms with E-state index in [1.807, 2.05) is 20.8 Å². The number of benzene rings is 2. The fraction of sp³-hybridized carbons (Fsp3) is 0.300. The maximum absolute atomic E-state index is 15.2. The Hall–Kier alpha value is -4.56. The highest BCUT2D eigenvalue weighted by molar-refractivity contribution is 7.90. The normalized spacial score (nSPS) is 13.7. The van der Waals surface area contributed by atoms with Crippen LogP contribution < -0.4 is 15.4 Å². The first-order valence-electron chi connectivity index (χ1n) is 13.8. The van der Waals surface area contributed by atoms with Gasteiger partial charge in [-0.15, -0.1) is 0 Å². The zero-order valence-electron chi connectivity index (χ0n) is 24.3. The molecular weight excluding hydrogens is 596 g/mol. The summed E-state index contributed by atoms with van der Waals surface area (Å²) in [4.78, 5) is 30.4. The summed E-state index contributed by atoms with van der Waals surface area (Å²) < 4.78 is 69.4. The lowest BCUT2D eigenvalue weighted by molar-refractivity contribution is -0.134. The molecule has 0 unspecified atom stereocenters. The topological polar surface area (TPSA) is 132 Å². The van der Waals surface area contributed by atoms with Gasteiger partial charge < -0.3 is 25.0 Å². The number of urea groups is 1. The predicted octanol–water partition coefficient (Wildman–Crippen LogP) is 4.76. The van der Waals surface area contributed by atoms with Gasteiger partial charge in [-0.05, 0) is 36.6 Å². The molecule has 14 heteroatoms. The number of rotatable bonds is 8. The Labute approximate surface area is 252 Å². The van der Waals surface area contributed by atoms with Gasteiger partial charge in [-0.1, -0.05) is 31.5 Å². The van der Waals surface area contributed by atoms with Crippen molar-refractivity contribution in [3.8, 4) is 11.5 Å². The van der Waals surface area contributed by atoms with Crippen LogP contribution in [0.25, 0.3) is 11.0 Å². The van der Waals surface area contributed by atoms with Crippen LogP contribution in [0.3, 0.4) is 0 Å². The van der Waals surface area contributed by atoms with Gasteiger partial charge in [-0.2, -0.15) is 0 Å². The van der Waals surface area contributed by atoms with Crippen LogP contribution in [0.1, 0.15) is 30.9 Å². The molecule has 3 heterocycles. The minimum absolute atomic E-state index is 0.00515. The van der Waals surface area contributed by atoms with E-state index in [4.69, 9.17) is 9.47 Å². The molecule has 3 amide bonds. The molecule has 0 saturated carbocycles. The number of hydrogen-bond acceptors (Lipinski definition) is 7. The molecule has 1 aliphatic heterocycles. The summed E-state index contributed by atoms with van der Waals surface area (Å²) in [5.74, 6) is -3.51. The molecule has 2 N–H and O–H groups in total. The highest BCUT2D eigenvalue weighted by atomic mass is 32.2. The fourth-order valence-corrected chi connectivity index (χ4v) is 6.07. The third-order valence-electron chi connectivity index (χ3n) is 7.08. The molecule has 232 valence electrons. The Balaban J connectivity index is 1.39. The average molecular weight is 628 g/mol. The molecular formula is C30H31F2N5O6S. The van der Waals surface area contributed by atoms with Crippen molar-refractivity contribution in [3.05, 3.63) is 77.6 Å². The summed E-state index contributed by atoms with van der Waals surface area (Å²) in [5.41, 5.74) is 1.26. The van der Waals surface area contributed by atoms with Gasteiger partial charge in [0.25, 0.3) is 10.0 Å². The smallest absolute Gasteiger partial charge is 0.319 e. The lowest BCUT2D eigenvalue weighted by atomic mass is 10.0. The maximum Gasteiger partial charge on any atom is 0.319 e. The van der Waals surface area contributed by atoms with E-state index in [0.29, 0.717) is 31.9 Å². The molecule has 1 saturated heterocycles. The van der Waals surface area contributed by atoms with E-state index >= 15 is 8.78 Å². The van der Waals surface area contributed by atoms with Crippen LogP contribution in [0.5, 0.6) is 11.5 Å². The average Bonchev–Trinajstić information content (AvgIpc) is 3.40. The maximum atomic E-state index is 15.2. The van der Waals surface area contributed by atoms with Gasteiger partial charge >= 0.3 is 6.03 Å². The summed E-state index contributed by atoms with van der Waals surface area (Å²) in [7, 11) is -4.06. The Kier molecular flexibility index (Phi) is 8.83. The molecule has 11 nitrogen and oxygen atoms in total. The number of morpholine rings is 1. The number of carbonyl (C=O) groups excluding carboxylic acids is 2. The lowest BCUT2D eigenvalue weighted by Crippen LogP contribution is -2.46. The van der Waals surface area contributed by atoms with Crippen molar-refractivity contribution in [2.75, 3.05) is 38.2 Å². The largest absolute Gasteiger partial charge is 0.450 e. The number of amides is 3. The lowest BCUT2D eigenvalue weighted by Gasteiger charge is -2.26. The third-order valence-corrected chi connectivity index (χ3v) is 8.74. The van der Waals surface area contributed by atoms with Crippen molar-refractivity contribution < 1.29 is 36.3 Å². The zero-order valence-corrected chi connectivity index (χ0v) is 25.1. The number of carbonyl (C=O) groups is 2. The van der Waals surface area contributed by atoms with Gasteiger partial charge in [-0.25, -0.2) is 30.9 Å². The van der Waals surface area contributed by atoms with Crippen LogP contribution in [-0.4, -0.2) is 67.1 Å². The van der Waals surface area contributed by atoms with Crippen molar-refractivity contribution in [1.29, 1.82) is 0 Å². The van der Waals surface area contributed by atoms with E-state index < -0.39 is 33.4 Å². The first-order valence-corrected chi connectivity index (χ1v) is 15.3. The van der Waals surface area contributed by atoms with Crippen LogP contribution in [0.2, 0.25) is 0 Å². The quantitative estimate of drug-likeness (QED) is 0.288. The fourth-order valence-electron chi connectivity index (χ4n) is 4.75. The molecule has 44 heavy (non-hydrogen) atoms. The van der Waals surface area contributed by atoms with E-state index in [0.717, 1.165) is 21.7 Å². The number of aromatic nitrogens is 2. The number of nitrogens with one attached hydrogen (secondary N) is 2. The van der Waals surface area contributed by atoms with Gasteiger partial charge in [0.05, 0.1) is 30.0 Å². The van der Waals surface area contributed by atoms with E-state index in [1.165, 1.54) is 30.6 Å². The minimum Gasteiger partial charge on any atom is -0.450 e. The predicted molar refractivity (Wildman–Crippen MR) is 158 cm³/mol. The molecule has 0 radical (unpaired) electrons.